The van der Waals surface area contributed by atoms with Crippen LogP contribution in [0.4, 0.5) is 5.69 Å². The van der Waals surface area contributed by atoms with Crippen molar-refractivity contribution < 1.29 is 24.0 Å². The molecular formula is C13H14ClNO6. The van der Waals surface area contributed by atoms with E-state index in [9.17, 15) is 19.7 Å². The van der Waals surface area contributed by atoms with Gasteiger partial charge in [0, 0.05) is 6.42 Å². The average Bonchev–Trinajstić information content (AvgIpc) is 2.44. The third-order valence-electron chi connectivity index (χ3n) is 2.52. The maximum Gasteiger partial charge on any atom is 0.305 e. The zero-order valence-electron chi connectivity index (χ0n) is 11.3. The van der Waals surface area contributed by atoms with Crippen LogP contribution < -0.4 is 4.74 Å². The highest BCUT2D eigenvalue weighted by Crippen LogP contribution is 2.33. The molecule has 0 radical (unpaired) electrons. The highest BCUT2D eigenvalue weighted by atomic mass is 35.5. The lowest BCUT2D eigenvalue weighted by Crippen LogP contribution is -2.08. The Bertz CT molecular complexity index is 546. The Morgan fingerprint density at radius 1 is 1.48 bits per heavy atom. The summed E-state index contributed by atoms with van der Waals surface area (Å²) in [6.07, 6.45) is 0.859. The minimum atomic E-state index is -0.739. The van der Waals surface area contributed by atoms with Gasteiger partial charge in [0.05, 0.1) is 18.1 Å². The number of aldehydes is 1. The Balaban J connectivity index is 2.72. The molecule has 0 atom stereocenters. The third kappa shape index (κ3) is 4.71. The summed E-state index contributed by atoms with van der Waals surface area (Å²) in [5.41, 5.74) is -0.710. The smallest absolute Gasteiger partial charge is 0.305 e. The first-order valence-corrected chi connectivity index (χ1v) is 6.59. The number of carbonyl (C=O) groups is 2. The van der Waals surface area contributed by atoms with Crippen LogP contribution in [-0.2, 0) is 9.53 Å². The lowest BCUT2D eigenvalue weighted by molar-refractivity contribution is -0.385. The maximum absolute atomic E-state index is 11.1. The summed E-state index contributed by atoms with van der Waals surface area (Å²) in [6, 6.07) is 2.66. The number of benzene rings is 1. The molecule has 0 aromatic heterocycles. The standard InChI is InChI=1S/C13H14ClNO6/c1-2-20-12(17)4-3-7-21-11-6-5-10(14)13(15(18)19)9(11)8-16/h5-6,8H,2-4,7H2,1H3. The third-order valence-corrected chi connectivity index (χ3v) is 2.82. The second-order valence-corrected chi connectivity index (χ2v) is 4.35. The highest BCUT2D eigenvalue weighted by molar-refractivity contribution is 6.33. The largest absolute Gasteiger partial charge is 0.493 e. The van der Waals surface area contributed by atoms with Crippen molar-refractivity contribution in [3.8, 4) is 5.75 Å². The molecule has 21 heavy (non-hydrogen) atoms. The van der Waals surface area contributed by atoms with E-state index in [1.807, 2.05) is 0 Å². The lowest BCUT2D eigenvalue weighted by Gasteiger charge is -2.09. The first-order chi connectivity index (χ1) is 10.0. The van der Waals surface area contributed by atoms with Gasteiger partial charge in [0.25, 0.3) is 0 Å². The van der Waals surface area contributed by atoms with Crippen LogP contribution >= 0.6 is 11.6 Å². The summed E-state index contributed by atoms with van der Waals surface area (Å²) >= 11 is 5.70. The molecule has 8 heteroatoms. The van der Waals surface area contributed by atoms with Crippen molar-refractivity contribution in [1.82, 2.24) is 0 Å². The monoisotopic (exact) mass is 315 g/mol. The van der Waals surface area contributed by atoms with Gasteiger partial charge in [-0.25, -0.2) is 0 Å². The second-order valence-electron chi connectivity index (χ2n) is 3.94. The van der Waals surface area contributed by atoms with Crippen molar-refractivity contribution in [2.24, 2.45) is 0 Å². The molecule has 0 heterocycles. The van der Waals surface area contributed by atoms with Gasteiger partial charge in [-0.2, -0.15) is 0 Å². The van der Waals surface area contributed by atoms with Crippen LogP contribution in [0.5, 0.6) is 5.75 Å². The SMILES string of the molecule is CCOC(=O)CCCOc1ccc(Cl)c([N+](=O)[O-])c1C=O. The molecule has 7 nitrogen and oxygen atoms in total. The van der Waals surface area contributed by atoms with Gasteiger partial charge >= 0.3 is 11.7 Å². The predicted molar refractivity (Wildman–Crippen MR) is 74.9 cm³/mol. The van der Waals surface area contributed by atoms with E-state index in [0.29, 0.717) is 19.3 Å². The number of nitro benzene ring substituents is 1. The lowest BCUT2D eigenvalue weighted by atomic mass is 10.1. The zero-order valence-corrected chi connectivity index (χ0v) is 12.1. The van der Waals surface area contributed by atoms with Crippen LogP contribution in [0.2, 0.25) is 5.02 Å². The van der Waals surface area contributed by atoms with Gasteiger partial charge in [-0.1, -0.05) is 11.6 Å². The van der Waals surface area contributed by atoms with Gasteiger partial charge in [0.2, 0.25) is 0 Å². The normalized spacial score (nSPS) is 10.0. The number of halogens is 1. The molecule has 0 fully saturated rings. The first kappa shape index (κ1) is 16.9. The Morgan fingerprint density at radius 2 is 2.19 bits per heavy atom. The fraction of sp³-hybridized carbons (Fsp3) is 0.385. The van der Waals surface area contributed by atoms with E-state index in [2.05, 4.69) is 0 Å². The van der Waals surface area contributed by atoms with Crippen molar-refractivity contribution in [3.05, 3.63) is 32.8 Å². The molecule has 0 amide bonds. The number of ether oxygens (including phenoxy) is 2. The van der Waals surface area contributed by atoms with Crippen molar-refractivity contribution in [2.75, 3.05) is 13.2 Å². The molecule has 1 rings (SSSR count). The maximum atomic E-state index is 11.1. The van der Waals surface area contributed by atoms with Crippen LogP contribution in [0.25, 0.3) is 0 Å². The molecule has 0 bridgehead atoms. The number of esters is 1. The van der Waals surface area contributed by atoms with Crippen LogP contribution in [0, 0.1) is 10.1 Å². The van der Waals surface area contributed by atoms with Gasteiger partial charge in [0.1, 0.15) is 16.3 Å². The Labute approximate surface area is 125 Å². The molecule has 0 saturated carbocycles. The molecule has 0 N–H and O–H groups in total. The summed E-state index contributed by atoms with van der Waals surface area (Å²) in [7, 11) is 0. The Kier molecular flexibility index (Phi) is 6.61. The number of rotatable bonds is 8. The van der Waals surface area contributed by atoms with Gasteiger partial charge in [-0.3, -0.25) is 19.7 Å². The number of nitrogens with zero attached hydrogens (tertiary/aromatic N) is 1. The molecule has 0 aliphatic heterocycles. The van der Waals surface area contributed by atoms with E-state index in [1.54, 1.807) is 6.92 Å². The van der Waals surface area contributed by atoms with E-state index in [4.69, 9.17) is 21.1 Å². The zero-order chi connectivity index (χ0) is 15.8. The Hall–Kier alpha value is -2.15. The summed E-state index contributed by atoms with van der Waals surface area (Å²) in [5, 5.41) is 10.8. The van der Waals surface area contributed by atoms with Crippen LogP contribution in [-0.4, -0.2) is 30.4 Å². The minimum absolute atomic E-state index is 0.0601. The average molecular weight is 316 g/mol. The quantitative estimate of drug-likeness (QED) is 0.240. The van der Waals surface area contributed by atoms with Crippen LogP contribution in [0.15, 0.2) is 12.1 Å². The molecule has 0 aliphatic carbocycles. The fourth-order valence-electron chi connectivity index (χ4n) is 1.62. The van der Waals surface area contributed by atoms with Crippen LogP contribution in [0.1, 0.15) is 30.1 Å². The van der Waals surface area contributed by atoms with Crippen LogP contribution in [0.3, 0.4) is 0 Å². The van der Waals surface area contributed by atoms with Crippen molar-refractivity contribution >= 4 is 29.5 Å². The van der Waals surface area contributed by atoms with Crippen molar-refractivity contribution in [2.45, 2.75) is 19.8 Å². The van der Waals surface area contributed by atoms with E-state index in [0.717, 1.165) is 0 Å². The fourth-order valence-corrected chi connectivity index (χ4v) is 1.85. The summed E-state index contributed by atoms with van der Waals surface area (Å²) in [6.45, 7) is 2.13. The molecule has 0 saturated heterocycles. The van der Waals surface area contributed by atoms with E-state index in [-0.39, 0.29) is 35.3 Å². The first-order valence-electron chi connectivity index (χ1n) is 6.21. The molecule has 0 aliphatic rings. The number of carbonyl (C=O) groups excluding carboxylic acids is 2. The summed E-state index contributed by atoms with van der Waals surface area (Å²) < 4.78 is 10.0. The predicted octanol–water partition coefficient (Wildman–Crippen LogP) is 2.78. The number of hydrogen-bond donors (Lipinski definition) is 0. The molecule has 1 aromatic rings. The molecule has 1 aromatic carbocycles. The van der Waals surface area contributed by atoms with E-state index in [1.165, 1.54) is 12.1 Å². The minimum Gasteiger partial charge on any atom is -0.493 e. The molecular weight excluding hydrogens is 302 g/mol. The van der Waals surface area contributed by atoms with Gasteiger partial charge < -0.3 is 9.47 Å². The molecule has 0 spiro atoms. The molecule has 114 valence electrons. The number of hydrogen-bond acceptors (Lipinski definition) is 6. The van der Waals surface area contributed by atoms with Gasteiger partial charge in [-0.05, 0) is 25.5 Å². The van der Waals surface area contributed by atoms with Gasteiger partial charge in [-0.15, -0.1) is 0 Å². The summed E-state index contributed by atoms with van der Waals surface area (Å²) in [4.78, 5) is 32.3. The van der Waals surface area contributed by atoms with E-state index >= 15 is 0 Å². The second kappa shape index (κ2) is 8.21. The summed E-state index contributed by atoms with van der Waals surface area (Å²) in [5.74, 6) is -0.288. The van der Waals surface area contributed by atoms with Gasteiger partial charge in [0.15, 0.2) is 6.29 Å². The van der Waals surface area contributed by atoms with Crippen molar-refractivity contribution in [3.63, 3.8) is 0 Å². The molecule has 0 unspecified atom stereocenters. The Morgan fingerprint density at radius 3 is 2.76 bits per heavy atom. The topological polar surface area (TPSA) is 95.7 Å². The highest BCUT2D eigenvalue weighted by Gasteiger charge is 2.22. The van der Waals surface area contributed by atoms with Crippen molar-refractivity contribution in [1.29, 1.82) is 0 Å². The van der Waals surface area contributed by atoms with E-state index < -0.39 is 10.6 Å². The number of nitro groups is 1.